The van der Waals surface area contributed by atoms with Crippen LogP contribution < -0.4 is 19.5 Å². The molecule has 148 valence electrons. The average Bonchev–Trinajstić information content (AvgIpc) is 2.70. The third-order valence-electron chi connectivity index (χ3n) is 4.13. The maximum atomic E-state index is 11.9. The number of aryl methyl sites for hydroxylation is 2. The first-order chi connectivity index (χ1) is 13.5. The summed E-state index contributed by atoms with van der Waals surface area (Å²) in [6.07, 6.45) is -0.303. The van der Waals surface area contributed by atoms with Crippen molar-refractivity contribution in [3.05, 3.63) is 53.6 Å². The summed E-state index contributed by atoms with van der Waals surface area (Å²) in [5, 5.41) is 2.67. The van der Waals surface area contributed by atoms with E-state index in [2.05, 4.69) is 5.32 Å². The van der Waals surface area contributed by atoms with Gasteiger partial charge in [0.15, 0.2) is 24.7 Å². The summed E-state index contributed by atoms with van der Waals surface area (Å²) in [5.74, 6) is 0.913. The molecule has 0 spiro atoms. The van der Waals surface area contributed by atoms with Crippen LogP contribution in [0.15, 0.2) is 42.5 Å². The molecule has 0 unspecified atom stereocenters. The Morgan fingerprint density at radius 1 is 1.11 bits per heavy atom. The van der Waals surface area contributed by atoms with E-state index in [-0.39, 0.29) is 25.9 Å². The molecule has 3 rings (SSSR count). The van der Waals surface area contributed by atoms with Gasteiger partial charge in [0.05, 0.1) is 6.54 Å². The standard InChI is InChI=1S/C21H23NO6/c1-14-7-8-17(15(2)9-14)26-13-21(24)27-12-20(23)22-10-16-11-25-18-5-3-4-6-19(18)28-16/h3-9,16H,10-13H2,1-2H3,(H,22,23)/t16-/m1/s1. The van der Waals surface area contributed by atoms with Gasteiger partial charge in [-0.15, -0.1) is 0 Å². The first-order valence-corrected chi connectivity index (χ1v) is 9.02. The fourth-order valence-corrected chi connectivity index (χ4v) is 2.73. The van der Waals surface area contributed by atoms with E-state index >= 15 is 0 Å². The summed E-state index contributed by atoms with van der Waals surface area (Å²) in [4.78, 5) is 23.6. The van der Waals surface area contributed by atoms with Crippen molar-refractivity contribution in [2.75, 3.05) is 26.4 Å². The molecule has 0 aliphatic carbocycles. The molecule has 7 heteroatoms. The molecule has 7 nitrogen and oxygen atoms in total. The highest BCUT2D eigenvalue weighted by molar-refractivity contribution is 5.80. The third kappa shape index (κ3) is 5.39. The van der Waals surface area contributed by atoms with Crippen LogP contribution in [0.2, 0.25) is 0 Å². The second kappa shape index (κ2) is 9.12. The predicted molar refractivity (Wildman–Crippen MR) is 102 cm³/mol. The first-order valence-electron chi connectivity index (χ1n) is 9.02. The number of nitrogens with one attached hydrogen (secondary N) is 1. The number of amides is 1. The zero-order chi connectivity index (χ0) is 19.9. The Morgan fingerprint density at radius 2 is 1.89 bits per heavy atom. The van der Waals surface area contributed by atoms with Gasteiger partial charge >= 0.3 is 5.97 Å². The number of ether oxygens (including phenoxy) is 4. The molecule has 1 amide bonds. The smallest absolute Gasteiger partial charge is 0.344 e. The van der Waals surface area contributed by atoms with Gasteiger partial charge in [0.1, 0.15) is 18.5 Å². The van der Waals surface area contributed by atoms with Gasteiger partial charge < -0.3 is 24.3 Å². The van der Waals surface area contributed by atoms with Crippen LogP contribution in [0.4, 0.5) is 0 Å². The maximum Gasteiger partial charge on any atom is 0.344 e. The Morgan fingerprint density at radius 3 is 2.68 bits per heavy atom. The lowest BCUT2D eigenvalue weighted by molar-refractivity contribution is -0.150. The van der Waals surface area contributed by atoms with Crippen molar-refractivity contribution in [3.63, 3.8) is 0 Å². The van der Waals surface area contributed by atoms with Crippen molar-refractivity contribution >= 4 is 11.9 Å². The Labute approximate surface area is 163 Å². The van der Waals surface area contributed by atoms with Crippen molar-refractivity contribution in [2.24, 2.45) is 0 Å². The van der Waals surface area contributed by atoms with Crippen LogP contribution in [0.25, 0.3) is 0 Å². The van der Waals surface area contributed by atoms with E-state index in [9.17, 15) is 9.59 Å². The molecule has 1 aliphatic rings. The number of esters is 1. The van der Waals surface area contributed by atoms with Crippen LogP contribution in [-0.2, 0) is 14.3 Å². The molecule has 1 heterocycles. The van der Waals surface area contributed by atoms with Crippen LogP contribution in [-0.4, -0.2) is 44.3 Å². The Balaban J connectivity index is 1.34. The van der Waals surface area contributed by atoms with Gasteiger partial charge in [0.25, 0.3) is 5.91 Å². The fraction of sp³-hybridized carbons (Fsp3) is 0.333. The van der Waals surface area contributed by atoms with E-state index in [0.717, 1.165) is 11.1 Å². The topological polar surface area (TPSA) is 83.1 Å². The van der Waals surface area contributed by atoms with Crippen LogP contribution in [0.3, 0.4) is 0 Å². The highest BCUT2D eigenvalue weighted by Crippen LogP contribution is 2.30. The number of para-hydroxylation sites is 2. The van der Waals surface area contributed by atoms with Crippen LogP contribution in [0.1, 0.15) is 11.1 Å². The van der Waals surface area contributed by atoms with Crippen molar-refractivity contribution < 1.29 is 28.5 Å². The van der Waals surface area contributed by atoms with Crippen LogP contribution >= 0.6 is 0 Å². The summed E-state index contributed by atoms with van der Waals surface area (Å²) >= 11 is 0. The fourth-order valence-electron chi connectivity index (χ4n) is 2.73. The molecule has 2 aromatic carbocycles. The highest BCUT2D eigenvalue weighted by Gasteiger charge is 2.21. The van der Waals surface area contributed by atoms with Crippen LogP contribution in [0.5, 0.6) is 17.2 Å². The van der Waals surface area contributed by atoms with Gasteiger partial charge in [-0.1, -0.05) is 29.8 Å². The van der Waals surface area contributed by atoms with Crippen molar-refractivity contribution in [2.45, 2.75) is 20.0 Å². The van der Waals surface area contributed by atoms with Crippen LogP contribution in [0, 0.1) is 13.8 Å². The normalized spacial score (nSPS) is 14.9. The van der Waals surface area contributed by atoms with Crippen molar-refractivity contribution in [3.8, 4) is 17.2 Å². The molecular weight excluding hydrogens is 362 g/mol. The zero-order valence-electron chi connectivity index (χ0n) is 15.9. The Hall–Kier alpha value is -3.22. The second-order valence-corrected chi connectivity index (χ2v) is 6.52. The second-order valence-electron chi connectivity index (χ2n) is 6.52. The van der Waals surface area contributed by atoms with Gasteiger partial charge in [0.2, 0.25) is 0 Å². The SMILES string of the molecule is Cc1ccc(OCC(=O)OCC(=O)NC[C@@H]2COc3ccccc3O2)c(C)c1. The number of carbonyl (C=O) groups excluding carboxylic acids is 2. The molecule has 28 heavy (non-hydrogen) atoms. The number of fused-ring (bicyclic) bond motifs is 1. The number of rotatable bonds is 7. The number of carbonyl (C=O) groups is 2. The zero-order valence-corrected chi connectivity index (χ0v) is 15.9. The molecule has 0 fully saturated rings. The summed E-state index contributed by atoms with van der Waals surface area (Å²) < 4.78 is 21.7. The lowest BCUT2D eigenvalue weighted by Gasteiger charge is -2.26. The van der Waals surface area contributed by atoms with E-state index in [1.54, 1.807) is 12.1 Å². The summed E-state index contributed by atoms with van der Waals surface area (Å²) in [7, 11) is 0. The van der Waals surface area contributed by atoms with E-state index in [1.165, 1.54) is 0 Å². The molecule has 0 radical (unpaired) electrons. The minimum absolute atomic E-state index is 0.254. The molecule has 1 aliphatic heterocycles. The maximum absolute atomic E-state index is 11.9. The first kappa shape index (κ1) is 19.5. The third-order valence-corrected chi connectivity index (χ3v) is 4.13. The number of hydrogen-bond donors (Lipinski definition) is 1. The van der Waals surface area contributed by atoms with E-state index in [4.69, 9.17) is 18.9 Å². The largest absolute Gasteiger partial charge is 0.486 e. The lowest BCUT2D eigenvalue weighted by atomic mass is 10.1. The summed E-state index contributed by atoms with van der Waals surface area (Å²) in [5.41, 5.74) is 2.04. The molecule has 0 aromatic heterocycles. The lowest BCUT2D eigenvalue weighted by Crippen LogP contribution is -2.42. The van der Waals surface area contributed by atoms with Gasteiger partial charge in [-0.05, 0) is 37.6 Å². The molecule has 1 atom stereocenters. The molecule has 0 saturated heterocycles. The molecule has 1 N–H and O–H groups in total. The van der Waals surface area contributed by atoms with Gasteiger partial charge in [-0.2, -0.15) is 0 Å². The monoisotopic (exact) mass is 385 g/mol. The molecular formula is C21H23NO6. The Bertz CT molecular complexity index is 851. The predicted octanol–water partition coefficient (Wildman–Crippen LogP) is 2.18. The highest BCUT2D eigenvalue weighted by atomic mass is 16.6. The quantitative estimate of drug-likeness (QED) is 0.736. The van der Waals surface area contributed by atoms with E-state index < -0.39 is 11.9 Å². The minimum atomic E-state index is -0.610. The minimum Gasteiger partial charge on any atom is -0.486 e. The molecule has 2 aromatic rings. The van der Waals surface area contributed by atoms with Gasteiger partial charge in [-0.3, -0.25) is 4.79 Å². The number of hydrogen-bond acceptors (Lipinski definition) is 6. The van der Waals surface area contributed by atoms with Gasteiger partial charge in [0, 0.05) is 0 Å². The van der Waals surface area contributed by atoms with Crippen molar-refractivity contribution in [1.29, 1.82) is 0 Å². The van der Waals surface area contributed by atoms with Gasteiger partial charge in [-0.25, -0.2) is 4.79 Å². The van der Waals surface area contributed by atoms with E-state index in [1.807, 2.05) is 44.2 Å². The van der Waals surface area contributed by atoms with E-state index in [0.29, 0.717) is 23.9 Å². The summed E-state index contributed by atoms with van der Waals surface area (Å²) in [6.45, 7) is 3.83. The molecule has 0 saturated carbocycles. The summed E-state index contributed by atoms with van der Waals surface area (Å²) in [6, 6.07) is 13.0. The Kier molecular flexibility index (Phi) is 6.37. The average molecular weight is 385 g/mol. The number of benzene rings is 2. The van der Waals surface area contributed by atoms with Crippen molar-refractivity contribution in [1.82, 2.24) is 5.32 Å². The molecule has 0 bridgehead atoms.